The van der Waals surface area contributed by atoms with Crippen molar-refractivity contribution in [1.29, 1.82) is 0 Å². The molecule has 2 aliphatic heterocycles. The predicted molar refractivity (Wildman–Crippen MR) is 141 cm³/mol. The Labute approximate surface area is 231 Å². The molecule has 2 saturated heterocycles. The predicted octanol–water partition coefficient (Wildman–Crippen LogP) is 3.65. The molecule has 9 nitrogen and oxygen atoms in total. The average Bonchev–Trinajstić information content (AvgIpc) is 3.17. The summed E-state index contributed by atoms with van der Waals surface area (Å²) >= 11 is 0. The standard InChI is InChI=1S/C29H31BFNO8/c31-22-14-17(10-11-23(22)33)24-15-20-26-21(28(36)32(29(26)37)12-6-2-5-9-25(34)35)13-18(27(20)30(38)40-24)16-39-19-7-3-1-4-8-19/h1,3-4,7-8,10-11,14,20-21,24,26,33,38H,2,5-6,9,12-13,15-16H2,(H,34,35)/t20-,21-,24-,26+/m0/s1. The fraction of sp³-hybridized carbons (Fsp3) is 0.414. The Morgan fingerprint density at radius 2 is 1.85 bits per heavy atom. The van der Waals surface area contributed by atoms with Crippen molar-refractivity contribution in [3.8, 4) is 11.5 Å². The molecule has 1 aliphatic carbocycles. The first-order valence-corrected chi connectivity index (χ1v) is 13.5. The summed E-state index contributed by atoms with van der Waals surface area (Å²) in [6.45, 7) is 0.308. The number of rotatable bonds is 10. The molecule has 0 bridgehead atoms. The van der Waals surface area contributed by atoms with E-state index in [4.69, 9.17) is 14.5 Å². The number of imide groups is 1. The zero-order valence-corrected chi connectivity index (χ0v) is 21.9. The largest absolute Gasteiger partial charge is 0.505 e. The number of hydrogen-bond donors (Lipinski definition) is 3. The zero-order chi connectivity index (χ0) is 28.4. The number of para-hydroxylation sites is 1. The Morgan fingerprint density at radius 3 is 2.58 bits per heavy atom. The van der Waals surface area contributed by atoms with Crippen LogP contribution in [-0.4, -0.2) is 58.2 Å². The van der Waals surface area contributed by atoms with E-state index in [-0.39, 0.29) is 44.2 Å². The Balaban J connectivity index is 1.41. The zero-order valence-electron chi connectivity index (χ0n) is 21.9. The average molecular weight is 551 g/mol. The fourth-order valence-corrected chi connectivity index (χ4v) is 6.18. The first-order valence-electron chi connectivity index (χ1n) is 13.5. The van der Waals surface area contributed by atoms with Gasteiger partial charge in [-0.1, -0.05) is 30.7 Å². The molecule has 210 valence electrons. The smallest absolute Gasteiger partial charge is 0.487 e. The lowest BCUT2D eigenvalue weighted by atomic mass is 9.55. The molecule has 0 radical (unpaired) electrons. The highest BCUT2D eigenvalue weighted by atomic mass is 19.1. The molecule has 2 aromatic rings. The molecule has 2 amide bonds. The Hall–Kier alpha value is -3.70. The van der Waals surface area contributed by atoms with E-state index in [9.17, 15) is 28.9 Å². The number of likely N-dealkylation sites (tertiary alicyclic amines) is 1. The van der Waals surface area contributed by atoms with Crippen LogP contribution in [0.4, 0.5) is 4.39 Å². The highest BCUT2D eigenvalue weighted by Crippen LogP contribution is 2.51. The maximum Gasteiger partial charge on any atom is 0.487 e. The minimum atomic E-state index is -1.39. The van der Waals surface area contributed by atoms with Gasteiger partial charge in [0.1, 0.15) is 12.4 Å². The van der Waals surface area contributed by atoms with Crippen LogP contribution in [0.3, 0.4) is 0 Å². The van der Waals surface area contributed by atoms with Crippen LogP contribution in [0.5, 0.6) is 11.5 Å². The summed E-state index contributed by atoms with van der Waals surface area (Å²) in [4.78, 5) is 39.2. The number of carboxylic acid groups (broad SMARTS) is 1. The van der Waals surface area contributed by atoms with Gasteiger partial charge >= 0.3 is 13.1 Å². The van der Waals surface area contributed by atoms with E-state index in [0.29, 0.717) is 41.6 Å². The monoisotopic (exact) mass is 551 g/mol. The summed E-state index contributed by atoms with van der Waals surface area (Å²) in [6.07, 6.45) is 1.28. The molecular weight excluding hydrogens is 520 g/mol. The lowest BCUT2D eigenvalue weighted by Gasteiger charge is -2.42. The number of benzene rings is 2. The third kappa shape index (κ3) is 5.62. The van der Waals surface area contributed by atoms with Gasteiger partial charge in [-0.15, -0.1) is 0 Å². The van der Waals surface area contributed by atoms with Gasteiger partial charge in [0.2, 0.25) is 11.8 Å². The highest BCUT2D eigenvalue weighted by Gasteiger charge is 2.57. The van der Waals surface area contributed by atoms with Crippen molar-refractivity contribution in [2.45, 2.75) is 44.6 Å². The second-order valence-corrected chi connectivity index (χ2v) is 10.6. The Bertz CT molecular complexity index is 1320. The molecule has 3 aliphatic rings. The Morgan fingerprint density at radius 1 is 1.07 bits per heavy atom. The lowest BCUT2D eigenvalue weighted by Crippen LogP contribution is -2.45. The molecule has 2 aromatic carbocycles. The van der Waals surface area contributed by atoms with Gasteiger partial charge in [0.15, 0.2) is 11.6 Å². The van der Waals surface area contributed by atoms with Gasteiger partial charge in [0.25, 0.3) is 0 Å². The molecule has 2 heterocycles. The molecule has 0 spiro atoms. The van der Waals surface area contributed by atoms with E-state index >= 15 is 0 Å². The normalized spacial score (nSPS) is 24.2. The molecule has 40 heavy (non-hydrogen) atoms. The topological polar surface area (TPSA) is 134 Å². The number of carbonyl (C=O) groups excluding carboxylic acids is 2. The van der Waals surface area contributed by atoms with E-state index in [0.717, 1.165) is 6.07 Å². The van der Waals surface area contributed by atoms with Crippen LogP contribution in [0, 0.1) is 23.6 Å². The van der Waals surface area contributed by atoms with Crippen LogP contribution in [0.25, 0.3) is 0 Å². The van der Waals surface area contributed by atoms with Crippen LogP contribution >= 0.6 is 0 Å². The molecule has 0 unspecified atom stereocenters. The Kier molecular flexibility index (Phi) is 8.23. The number of phenols is 1. The van der Waals surface area contributed by atoms with E-state index in [1.54, 1.807) is 12.1 Å². The first kappa shape index (κ1) is 27.9. The summed E-state index contributed by atoms with van der Waals surface area (Å²) in [6, 6.07) is 13.0. The number of carboxylic acids is 1. The minimum Gasteiger partial charge on any atom is -0.505 e. The maximum absolute atomic E-state index is 14.2. The van der Waals surface area contributed by atoms with Crippen LogP contribution in [-0.2, 0) is 19.0 Å². The van der Waals surface area contributed by atoms with Crippen molar-refractivity contribution in [2.75, 3.05) is 13.2 Å². The van der Waals surface area contributed by atoms with Gasteiger partial charge in [-0.2, -0.15) is 0 Å². The maximum atomic E-state index is 14.2. The van der Waals surface area contributed by atoms with Gasteiger partial charge < -0.3 is 24.6 Å². The van der Waals surface area contributed by atoms with Crippen LogP contribution in [0.15, 0.2) is 59.6 Å². The van der Waals surface area contributed by atoms with Crippen LogP contribution in [0.2, 0.25) is 0 Å². The number of unbranched alkanes of at least 4 members (excludes halogenated alkanes) is 2. The highest BCUT2D eigenvalue weighted by molar-refractivity contribution is 6.53. The second kappa shape index (κ2) is 11.8. The summed E-state index contributed by atoms with van der Waals surface area (Å²) in [5.74, 6) is -4.06. The van der Waals surface area contributed by atoms with Crippen molar-refractivity contribution in [3.05, 3.63) is 71.0 Å². The summed E-state index contributed by atoms with van der Waals surface area (Å²) in [7, 11) is -1.39. The second-order valence-electron chi connectivity index (χ2n) is 10.6. The molecule has 4 atom stereocenters. The fourth-order valence-electron chi connectivity index (χ4n) is 6.18. The third-order valence-corrected chi connectivity index (χ3v) is 8.07. The van der Waals surface area contributed by atoms with E-state index in [1.807, 2.05) is 18.2 Å². The summed E-state index contributed by atoms with van der Waals surface area (Å²) in [5.41, 5.74) is 1.63. The van der Waals surface area contributed by atoms with E-state index in [1.165, 1.54) is 17.0 Å². The molecule has 0 saturated carbocycles. The van der Waals surface area contributed by atoms with E-state index in [2.05, 4.69) is 0 Å². The molecule has 0 aromatic heterocycles. The van der Waals surface area contributed by atoms with Gasteiger partial charge in [-0.05, 0) is 72.5 Å². The minimum absolute atomic E-state index is 0.0321. The number of aliphatic carboxylic acids is 1. The number of fused-ring (bicyclic) bond motifs is 3. The van der Waals surface area contributed by atoms with Crippen molar-refractivity contribution in [3.63, 3.8) is 0 Å². The number of halogens is 1. The third-order valence-electron chi connectivity index (χ3n) is 8.07. The van der Waals surface area contributed by atoms with Crippen molar-refractivity contribution in [1.82, 2.24) is 4.90 Å². The molecule has 3 N–H and O–H groups in total. The van der Waals surface area contributed by atoms with Crippen LogP contribution in [0.1, 0.15) is 50.2 Å². The van der Waals surface area contributed by atoms with Gasteiger partial charge in [-0.25, -0.2) is 4.39 Å². The SMILES string of the molecule is O=C(O)CCCCCN1C(=O)[C@H]2[C@H](CC(COc3ccccc3)=C3B(O)O[C@H](c4ccc(O)c(F)c4)C[C@H]32)C1=O. The number of allylic oxidation sites excluding steroid dienone is 1. The van der Waals surface area contributed by atoms with Gasteiger partial charge in [0, 0.05) is 13.0 Å². The molecule has 5 rings (SSSR count). The number of phenolic OH excluding ortho intramolecular Hbond substituents is 1. The summed E-state index contributed by atoms with van der Waals surface area (Å²) < 4.78 is 26.0. The van der Waals surface area contributed by atoms with Gasteiger partial charge in [-0.3, -0.25) is 19.3 Å². The van der Waals surface area contributed by atoms with Crippen molar-refractivity contribution in [2.24, 2.45) is 17.8 Å². The summed E-state index contributed by atoms with van der Waals surface area (Å²) in [5, 5.41) is 29.6. The number of aromatic hydroxyl groups is 1. The quantitative estimate of drug-likeness (QED) is 0.232. The molecule has 11 heteroatoms. The van der Waals surface area contributed by atoms with Crippen molar-refractivity contribution < 1.29 is 43.4 Å². The van der Waals surface area contributed by atoms with Gasteiger partial charge in [0.05, 0.1) is 17.9 Å². The van der Waals surface area contributed by atoms with Crippen molar-refractivity contribution >= 4 is 24.9 Å². The van der Waals surface area contributed by atoms with Crippen LogP contribution < -0.4 is 4.74 Å². The molecular formula is C29H31BFNO8. The molecule has 2 fully saturated rings. The number of hydrogen-bond acceptors (Lipinski definition) is 7. The number of nitrogens with zero attached hydrogens (tertiary/aromatic N) is 1. The lowest BCUT2D eigenvalue weighted by molar-refractivity contribution is -0.141. The first-order chi connectivity index (χ1) is 19.2. The van der Waals surface area contributed by atoms with E-state index < -0.39 is 48.5 Å². The number of ether oxygens (including phenoxy) is 1. The number of amides is 2. The number of carbonyl (C=O) groups is 3.